The van der Waals surface area contributed by atoms with Crippen LogP contribution in [0.2, 0.25) is 0 Å². The van der Waals surface area contributed by atoms with E-state index in [2.05, 4.69) is 90.9 Å². The molecule has 0 aromatic heterocycles. The maximum Gasteiger partial charge on any atom is -0.147 e. The molecule has 0 amide bonds. The van der Waals surface area contributed by atoms with Crippen LogP contribution in [0.5, 0.6) is 5.75 Å². The van der Waals surface area contributed by atoms with E-state index in [0.29, 0.717) is 0 Å². The Morgan fingerprint density at radius 2 is 1.54 bits per heavy atom. The maximum absolute atomic E-state index is 6.34. The van der Waals surface area contributed by atoms with Gasteiger partial charge in [-0.05, 0) is 0 Å². The van der Waals surface area contributed by atoms with Crippen molar-refractivity contribution in [3.05, 3.63) is 45.4 Å². The van der Waals surface area contributed by atoms with Crippen LogP contribution in [-0.2, 0) is 25.0 Å². The first-order chi connectivity index (χ1) is 11.0. The summed E-state index contributed by atoms with van der Waals surface area (Å²) in [5.41, 5.74) is 4.33. The molecule has 0 radical (unpaired) electrons. The first-order valence-electron chi connectivity index (χ1n) is 8.64. The molecule has 146 valence electrons. The molecule has 0 atom stereocenters. The molecule has 0 saturated heterocycles. The normalized spacial score (nSPS) is 13.8. The van der Waals surface area contributed by atoms with Gasteiger partial charge in [0.15, 0.2) is 0 Å². The molecule has 0 unspecified atom stereocenters. The molecule has 5 heteroatoms. The molecule has 1 aliphatic rings. The molecule has 0 heterocycles. The first-order valence-corrected chi connectivity index (χ1v) is 10.1. The summed E-state index contributed by atoms with van der Waals surface area (Å²) in [5, 5.41) is 0. The largest absolute Gasteiger partial charge is 0.147 e. The third-order valence-electron chi connectivity index (χ3n) is 4.31. The van der Waals surface area contributed by atoms with E-state index in [0.717, 1.165) is 12.2 Å². The van der Waals surface area contributed by atoms with Gasteiger partial charge in [-0.25, -0.2) is 0 Å². The first kappa shape index (κ1) is 25.6. The Morgan fingerprint density at radius 1 is 0.923 bits per heavy atom. The Bertz CT molecular complexity index is 668. The van der Waals surface area contributed by atoms with E-state index in [-0.39, 0.29) is 35.6 Å². The van der Waals surface area contributed by atoms with Gasteiger partial charge in [0, 0.05) is 0 Å². The van der Waals surface area contributed by atoms with Crippen LogP contribution >= 0.6 is 24.8 Å². The summed E-state index contributed by atoms with van der Waals surface area (Å²) in [7, 11) is 4.17. The molecule has 0 bridgehead atoms. The Morgan fingerprint density at radius 3 is 2.04 bits per heavy atom. The number of benzene rings is 1. The van der Waals surface area contributed by atoms with E-state index in [1.165, 1.54) is 20.7 Å². The fourth-order valence-electron chi connectivity index (χ4n) is 2.76. The maximum atomic E-state index is 6.34. The second-order valence-corrected chi connectivity index (χ2v) is 10.4. The van der Waals surface area contributed by atoms with Crippen LogP contribution in [0, 0.1) is 5.41 Å². The number of hydrogen-bond donors (Lipinski definition) is 0. The van der Waals surface area contributed by atoms with Gasteiger partial charge in [-0.15, -0.1) is 24.8 Å². The van der Waals surface area contributed by atoms with E-state index >= 15 is 0 Å². The van der Waals surface area contributed by atoms with Gasteiger partial charge in [0.1, 0.15) is 0 Å². The molecule has 0 fully saturated rings. The SMILES string of the molecule is CN(C)c1cc([O][Ti][C]2=C(C(C)(C)C)C=CC2)cc(C(C)(C)C)c1.Cl.Cl. The summed E-state index contributed by atoms with van der Waals surface area (Å²) >= 11 is -0.599. The molecule has 0 spiro atoms. The molecule has 26 heavy (non-hydrogen) atoms. The van der Waals surface area contributed by atoms with Crippen molar-refractivity contribution in [2.45, 2.75) is 53.4 Å². The van der Waals surface area contributed by atoms with Crippen molar-refractivity contribution < 1.29 is 22.9 Å². The second-order valence-electron chi connectivity index (χ2n) is 8.81. The van der Waals surface area contributed by atoms with Crippen molar-refractivity contribution in [3.8, 4) is 5.75 Å². The number of hydrogen-bond acceptors (Lipinski definition) is 2. The monoisotopic (exact) mass is 433 g/mol. The number of anilines is 1. The molecular weight excluding hydrogens is 401 g/mol. The standard InChI is InChI=1S/C12H19NO.C9H13.2ClH.Ti/c1-12(2,3)9-6-10(13(4)5)8-11(14)7-9;1-9(2,3)8-6-4-5-7-8;;;/h6-8,14H,1-5H3;4,6H,5H2,1-3H3;2*1H;/q;;;;+1/p-1. The minimum atomic E-state index is -0.599. The van der Waals surface area contributed by atoms with Gasteiger partial charge >= 0.3 is 157 Å². The van der Waals surface area contributed by atoms with Crippen molar-refractivity contribution in [3.63, 3.8) is 0 Å². The zero-order valence-corrected chi connectivity index (χ0v) is 20.5. The van der Waals surface area contributed by atoms with Gasteiger partial charge in [0.25, 0.3) is 0 Å². The summed E-state index contributed by atoms with van der Waals surface area (Å²) in [6.07, 6.45) is 5.63. The van der Waals surface area contributed by atoms with E-state index < -0.39 is 19.5 Å². The van der Waals surface area contributed by atoms with Crippen LogP contribution in [0.1, 0.15) is 53.5 Å². The van der Waals surface area contributed by atoms with Crippen LogP contribution in [0.3, 0.4) is 0 Å². The van der Waals surface area contributed by atoms with E-state index in [4.69, 9.17) is 3.32 Å². The van der Waals surface area contributed by atoms with Gasteiger partial charge in [-0.3, -0.25) is 0 Å². The molecule has 0 aliphatic heterocycles. The van der Waals surface area contributed by atoms with Crippen molar-refractivity contribution in [2.24, 2.45) is 5.41 Å². The molecule has 0 N–H and O–H groups in total. The Hall–Kier alpha value is -0.406. The molecule has 1 aliphatic carbocycles. The number of halogens is 2. The van der Waals surface area contributed by atoms with Crippen molar-refractivity contribution in [1.82, 2.24) is 0 Å². The van der Waals surface area contributed by atoms with Crippen molar-refractivity contribution in [1.29, 1.82) is 0 Å². The number of rotatable bonds is 4. The minimum absolute atomic E-state index is 0. The van der Waals surface area contributed by atoms with E-state index in [9.17, 15) is 0 Å². The van der Waals surface area contributed by atoms with Crippen LogP contribution < -0.4 is 8.22 Å². The molecule has 1 aromatic carbocycles. The van der Waals surface area contributed by atoms with Crippen LogP contribution in [0.4, 0.5) is 5.69 Å². The van der Waals surface area contributed by atoms with Crippen molar-refractivity contribution >= 4 is 30.5 Å². The fraction of sp³-hybridized carbons (Fsp3) is 0.524. The van der Waals surface area contributed by atoms with Gasteiger partial charge in [0.05, 0.1) is 0 Å². The zero-order valence-electron chi connectivity index (χ0n) is 17.3. The van der Waals surface area contributed by atoms with Crippen LogP contribution in [0.15, 0.2) is 39.8 Å². The van der Waals surface area contributed by atoms with Gasteiger partial charge in [-0.2, -0.15) is 0 Å². The number of nitrogens with zero attached hydrogens (tertiary/aromatic N) is 1. The van der Waals surface area contributed by atoms with Gasteiger partial charge in [0.2, 0.25) is 0 Å². The molecule has 2 rings (SSSR count). The summed E-state index contributed by atoms with van der Waals surface area (Å²) in [6, 6.07) is 6.65. The van der Waals surface area contributed by atoms with Crippen molar-refractivity contribution in [2.75, 3.05) is 19.0 Å². The van der Waals surface area contributed by atoms with Gasteiger partial charge in [-0.1, -0.05) is 0 Å². The Balaban J connectivity index is 0.00000312. The summed E-state index contributed by atoms with van der Waals surface area (Å²) in [5.74, 6) is 1.01. The molecule has 1 aromatic rings. The fourth-order valence-corrected chi connectivity index (χ4v) is 4.52. The van der Waals surface area contributed by atoms with Crippen LogP contribution in [-0.4, -0.2) is 14.1 Å². The average molecular weight is 434 g/mol. The minimum Gasteiger partial charge on any atom is -0.147 e. The molecule has 0 saturated carbocycles. The molecular formula is C21H33Cl2NOTi. The second kappa shape index (κ2) is 9.69. The Labute approximate surface area is 181 Å². The summed E-state index contributed by atoms with van der Waals surface area (Å²) in [4.78, 5) is 2.15. The van der Waals surface area contributed by atoms with E-state index in [1.54, 1.807) is 0 Å². The summed E-state index contributed by atoms with van der Waals surface area (Å²) < 4.78 is 7.87. The third-order valence-corrected chi connectivity index (χ3v) is 5.96. The predicted molar refractivity (Wildman–Crippen MR) is 115 cm³/mol. The number of allylic oxidation sites excluding steroid dienone is 4. The average Bonchev–Trinajstić information content (AvgIpc) is 2.92. The zero-order chi connectivity index (χ0) is 18.1. The smallest absolute Gasteiger partial charge is 0.147 e. The molecule has 2 nitrogen and oxygen atoms in total. The quantitative estimate of drug-likeness (QED) is 0.500. The Kier molecular flexibility index (Phi) is 9.54. The summed E-state index contributed by atoms with van der Waals surface area (Å²) in [6.45, 7) is 13.6. The topological polar surface area (TPSA) is 12.5 Å². The predicted octanol–water partition coefficient (Wildman–Crippen LogP) is 6.53. The van der Waals surface area contributed by atoms with Gasteiger partial charge < -0.3 is 0 Å². The van der Waals surface area contributed by atoms with Crippen LogP contribution in [0.25, 0.3) is 0 Å². The van der Waals surface area contributed by atoms with E-state index in [1.807, 2.05) is 0 Å². The third kappa shape index (κ3) is 6.64.